The zero-order chi connectivity index (χ0) is 30.2. The van der Waals surface area contributed by atoms with E-state index in [-0.39, 0.29) is 22.0 Å². The van der Waals surface area contributed by atoms with Crippen molar-refractivity contribution in [3.05, 3.63) is 52.8 Å². The predicted molar refractivity (Wildman–Crippen MR) is 152 cm³/mol. The minimum absolute atomic E-state index is 0.0200. The highest BCUT2D eigenvalue weighted by Crippen LogP contribution is 2.53. The zero-order valence-electron chi connectivity index (χ0n) is 22.7. The number of alkyl halides is 2. The number of hydrogen-bond donors (Lipinski definition) is 2. The molecule has 9 nitrogen and oxygen atoms in total. The van der Waals surface area contributed by atoms with Crippen molar-refractivity contribution in [2.24, 2.45) is 5.92 Å². The number of halogens is 4. The van der Waals surface area contributed by atoms with Crippen molar-refractivity contribution in [2.45, 2.75) is 63.5 Å². The summed E-state index contributed by atoms with van der Waals surface area (Å²) in [5.74, 6) is -2.96. The van der Waals surface area contributed by atoms with Gasteiger partial charge >= 0.3 is 12.2 Å². The molecule has 0 heterocycles. The van der Waals surface area contributed by atoms with E-state index in [0.717, 1.165) is 6.07 Å². The molecule has 1 unspecified atom stereocenters. The third-order valence-electron chi connectivity index (χ3n) is 5.24. The lowest BCUT2D eigenvalue weighted by Gasteiger charge is -2.29. The van der Waals surface area contributed by atoms with Crippen LogP contribution in [-0.2, 0) is 14.3 Å². The van der Waals surface area contributed by atoms with E-state index in [1.54, 1.807) is 41.5 Å². The van der Waals surface area contributed by atoms with Gasteiger partial charge in [0.05, 0.1) is 27.9 Å². The molecule has 0 bridgehead atoms. The van der Waals surface area contributed by atoms with E-state index in [9.17, 15) is 19.2 Å². The summed E-state index contributed by atoms with van der Waals surface area (Å²) in [7, 11) is 0. The van der Waals surface area contributed by atoms with Crippen molar-refractivity contribution in [2.75, 3.05) is 15.5 Å². The number of imide groups is 1. The number of anilines is 3. The molecule has 1 fully saturated rings. The summed E-state index contributed by atoms with van der Waals surface area (Å²) < 4.78 is 25.2. The molecule has 0 radical (unpaired) electrons. The lowest BCUT2D eigenvalue weighted by atomic mass is 10.1. The lowest BCUT2D eigenvalue weighted by molar-refractivity contribution is -0.117. The highest BCUT2D eigenvalue weighted by Gasteiger charge is 2.56. The average molecular weight is 617 g/mol. The van der Waals surface area contributed by atoms with Gasteiger partial charge in [-0.3, -0.25) is 9.59 Å². The molecule has 4 amide bonds. The van der Waals surface area contributed by atoms with Crippen LogP contribution in [0.1, 0.15) is 58.3 Å². The van der Waals surface area contributed by atoms with Crippen molar-refractivity contribution in [1.29, 1.82) is 0 Å². The van der Waals surface area contributed by atoms with Crippen molar-refractivity contribution in [3.63, 3.8) is 0 Å². The van der Waals surface area contributed by atoms with Crippen molar-refractivity contribution in [1.82, 2.24) is 0 Å². The quantitative estimate of drug-likeness (QED) is 0.336. The van der Waals surface area contributed by atoms with Gasteiger partial charge in [-0.15, -0.1) is 23.2 Å². The second-order valence-corrected chi connectivity index (χ2v) is 13.0. The number of nitrogens with zero attached hydrogens (tertiary/aromatic N) is 1. The number of ether oxygens (including phenoxy) is 2. The van der Waals surface area contributed by atoms with Gasteiger partial charge in [-0.2, -0.15) is 4.90 Å². The van der Waals surface area contributed by atoms with Gasteiger partial charge in [-0.25, -0.2) is 14.0 Å². The number of rotatable bonds is 5. The predicted octanol–water partition coefficient (Wildman–Crippen LogP) is 7.54. The maximum absolute atomic E-state index is 15.7. The van der Waals surface area contributed by atoms with E-state index in [4.69, 9.17) is 44.3 Å². The first-order valence-electron chi connectivity index (χ1n) is 12.1. The summed E-state index contributed by atoms with van der Waals surface area (Å²) >= 11 is 18.1. The molecule has 40 heavy (non-hydrogen) atoms. The Hall–Kier alpha value is -3.08. The van der Waals surface area contributed by atoms with Gasteiger partial charge in [-0.1, -0.05) is 17.7 Å². The Morgan fingerprint density at radius 3 is 2.00 bits per heavy atom. The van der Waals surface area contributed by atoms with Crippen LogP contribution >= 0.6 is 34.8 Å². The average Bonchev–Trinajstić information content (AvgIpc) is 3.43. The Kier molecular flexibility index (Phi) is 8.98. The first-order chi connectivity index (χ1) is 18.3. The molecule has 1 aliphatic rings. The number of hydrogen-bond acceptors (Lipinski definition) is 6. The summed E-state index contributed by atoms with van der Waals surface area (Å²) in [6.45, 7) is 9.49. The van der Waals surface area contributed by atoms with Crippen molar-refractivity contribution < 1.29 is 33.0 Å². The molecule has 3 rings (SSSR count). The molecule has 2 aromatic rings. The minimum Gasteiger partial charge on any atom is -0.443 e. The fourth-order valence-electron chi connectivity index (χ4n) is 3.37. The topological polar surface area (TPSA) is 114 Å². The normalized spacial score (nSPS) is 16.0. The number of amides is 4. The van der Waals surface area contributed by atoms with Crippen molar-refractivity contribution >= 4 is 75.9 Å². The summed E-state index contributed by atoms with van der Waals surface area (Å²) in [5, 5.41) is 5.01. The summed E-state index contributed by atoms with van der Waals surface area (Å²) in [4.78, 5) is 51.7. The fourth-order valence-corrected chi connectivity index (χ4v) is 4.08. The monoisotopic (exact) mass is 615 g/mol. The third kappa shape index (κ3) is 7.99. The van der Waals surface area contributed by atoms with Gasteiger partial charge in [0.15, 0.2) is 5.82 Å². The minimum atomic E-state index is -1.18. The van der Waals surface area contributed by atoms with Crippen LogP contribution in [-0.4, -0.2) is 39.5 Å². The molecule has 1 aliphatic carbocycles. The molecule has 2 N–H and O–H groups in total. The SMILES string of the molecule is CC(C)(C)OC(=O)N(C(=O)OC(C)(C)C)c1cccc(NC(=O)c2cc(NC(=O)C3CC3(Cl)Cl)ccc2Cl)c1F. The van der Waals surface area contributed by atoms with Crippen LogP contribution in [0.3, 0.4) is 0 Å². The fraction of sp³-hybridized carbons (Fsp3) is 0.407. The summed E-state index contributed by atoms with van der Waals surface area (Å²) in [5.41, 5.74) is -2.73. The maximum Gasteiger partial charge on any atom is 0.424 e. The third-order valence-corrected chi connectivity index (χ3v) is 6.41. The maximum atomic E-state index is 15.7. The first kappa shape index (κ1) is 31.4. The van der Waals surface area contributed by atoms with Gasteiger partial charge in [0.25, 0.3) is 5.91 Å². The Balaban J connectivity index is 1.89. The first-order valence-corrected chi connectivity index (χ1v) is 13.3. The Labute approximate surface area is 246 Å². The Bertz CT molecular complexity index is 1330. The van der Waals surface area contributed by atoms with Gasteiger partial charge in [0.1, 0.15) is 15.5 Å². The van der Waals surface area contributed by atoms with Crippen LogP contribution in [0.15, 0.2) is 36.4 Å². The number of benzene rings is 2. The molecule has 2 aromatic carbocycles. The Morgan fingerprint density at radius 1 is 0.950 bits per heavy atom. The van der Waals surface area contributed by atoms with Crippen LogP contribution < -0.4 is 15.5 Å². The number of nitrogens with one attached hydrogen (secondary N) is 2. The highest BCUT2D eigenvalue weighted by molar-refractivity contribution is 6.52. The van der Waals surface area contributed by atoms with Crippen LogP contribution in [0, 0.1) is 11.7 Å². The van der Waals surface area contributed by atoms with Gasteiger partial charge < -0.3 is 20.1 Å². The molecule has 1 saturated carbocycles. The molecule has 0 saturated heterocycles. The van der Waals surface area contributed by atoms with E-state index in [2.05, 4.69) is 10.6 Å². The van der Waals surface area contributed by atoms with Gasteiger partial charge in [0.2, 0.25) is 5.91 Å². The largest absolute Gasteiger partial charge is 0.443 e. The standard InChI is InChI=1S/C27H29Cl3FN3O6/c1-25(2,3)39-23(37)34(24(38)40-26(4,5)6)19-9-7-8-18(20(19)31)33-21(35)15-12-14(10-11-17(15)28)32-22(36)16-13-27(16,29)30/h7-12,16H,13H2,1-6H3,(H,32,36)(H,33,35). The van der Waals surface area contributed by atoms with E-state index < -0.39 is 57.0 Å². The van der Waals surface area contributed by atoms with E-state index >= 15 is 4.39 Å². The van der Waals surface area contributed by atoms with Crippen molar-refractivity contribution in [3.8, 4) is 0 Å². The zero-order valence-corrected chi connectivity index (χ0v) is 24.9. The second kappa shape index (κ2) is 11.4. The number of carbonyl (C=O) groups excluding carboxylic acids is 4. The van der Waals surface area contributed by atoms with Gasteiger partial charge in [-0.05, 0) is 78.3 Å². The van der Waals surface area contributed by atoms with Crippen LogP contribution in [0.5, 0.6) is 0 Å². The van der Waals surface area contributed by atoms with E-state index in [0.29, 0.717) is 11.3 Å². The van der Waals surface area contributed by atoms with E-state index in [1.807, 2.05) is 0 Å². The molecule has 1 atom stereocenters. The molecular formula is C27H29Cl3FN3O6. The molecule has 216 valence electrons. The number of carbonyl (C=O) groups is 4. The molecule has 13 heteroatoms. The highest BCUT2D eigenvalue weighted by atomic mass is 35.5. The summed E-state index contributed by atoms with van der Waals surface area (Å²) in [6, 6.07) is 7.88. The molecule has 0 aliphatic heterocycles. The molecule has 0 spiro atoms. The Morgan fingerprint density at radius 2 is 1.50 bits per heavy atom. The molecule has 0 aromatic heterocycles. The van der Waals surface area contributed by atoms with Gasteiger partial charge in [0, 0.05) is 5.69 Å². The van der Waals surface area contributed by atoms with Crippen LogP contribution in [0.2, 0.25) is 5.02 Å². The lowest BCUT2D eigenvalue weighted by Crippen LogP contribution is -2.44. The summed E-state index contributed by atoms with van der Waals surface area (Å²) in [6.07, 6.45) is -2.06. The van der Waals surface area contributed by atoms with E-state index in [1.165, 1.54) is 30.3 Å². The second-order valence-electron chi connectivity index (χ2n) is 11.1. The smallest absolute Gasteiger partial charge is 0.424 e. The van der Waals surface area contributed by atoms with Crippen LogP contribution in [0.4, 0.5) is 31.0 Å². The van der Waals surface area contributed by atoms with Crippen LogP contribution in [0.25, 0.3) is 0 Å². The molecular weight excluding hydrogens is 588 g/mol.